The number of carbonyl (C=O) groups is 2. The third-order valence-electron chi connectivity index (χ3n) is 5.04. The summed E-state index contributed by atoms with van der Waals surface area (Å²) < 4.78 is 5.52. The Balaban J connectivity index is 3.38. The van der Waals surface area contributed by atoms with Gasteiger partial charge in [-0.2, -0.15) is 0 Å². The Labute approximate surface area is 180 Å². The van der Waals surface area contributed by atoms with Gasteiger partial charge in [-0.25, -0.2) is 4.79 Å². The number of carbonyl (C=O) groups excluding carboxylic acids is 2. The van der Waals surface area contributed by atoms with Crippen LogP contribution < -0.4 is 0 Å². The first kappa shape index (κ1) is 25.8. The van der Waals surface area contributed by atoms with Gasteiger partial charge in [0.05, 0.1) is 6.61 Å². The van der Waals surface area contributed by atoms with Crippen LogP contribution in [0, 0.1) is 5.41 Å². The van der Waals surface area contributed by atoms with E-state index in [2.05, 4.69) is 6.08 Å². The van der Waals surface area contributed by atoms with E-state index in [1.165, 1.54) is 30.7 Å². The molecule has 0 saturated heterocycles. The summed E-state index contributed by atoms with van der Waals surface area (Å²) in [7, 11) is 0. The first-order valence-electron chi connectivity index (χ1n) is 10.3. The summed E-state index contributed by atoms with van der Waals surface area (Å²) in [5.41, 5.74) is 0.344. The molecule has 3 atom stereocenters. The molecule has 0 amide bonds. The summed E-state index contributed by atoms with van der Waals surface area (Å²) in [5.74, 6) is -0.930. The third kappa shape index (κ3) is 8.64. The zero-order valence-electron chi connectivity index (χ0n) is 19.1. The minimum absolute atomic E-state index is 0.281. The van der Waals surface area contributed by atoms with Crippen LogP contribution in [0.2, 0.25) is 0 Å². The molecule has 0 aromatic heterocycles. The minimum Gasteiger partial charge on any atom is -0.452 e. The number of ketones is 1. The van der Waals surface area contributed by atoms with E-state index in [-0.39, 0.29) is 23.4 Å². The number of ether oxygens (including phenoxy) is 1. The molecule has 0 bridgehead atoms. The summed E-state index contributed by atoms with van der Waals surface area (Å²) >= 11 is 0. The van der Waals surface area contributed by atoms with E-state index in [0.717, 1.165) is 18.4 Å². The molecule has 0 fully saturated rings. The maximum Gasteiger partial charge on any atom is 0.331 e. The fraction of sp³-hybridized carbons (Fsp3) is 0.520. The van der Waals surface area contributed by atoms with Crippen molar-refractivity contribution in [2.24, 2.45) is 5.41 Å². The van der Waals surface area contributed by atoms with Crippen LogP contribution in [0.3, 0.4) is 0 Å². The Morgan fingerprint density at radius 3 is 2.43 bits per heavy atom. The predicted octanol–water partition coefficient (Wildman–Crippen LogP) is 4.37. The monoisotopic (exact) mass is 416 g/mol. The number of hydrogen-bond acceptors (Lipinski definition) is 5. The second-order valence-electron chi connectivity index (χ2n) is 8.93. The van der Waals surface area contributed by atoms with Crippen LogP contribution in [0.1, 0.15) is 60.8 Å². The highest BCUT2D eigenvalue weighted by molar-refractivity contribution is 6.04. The number of hydrogen-bond donors (Lipinski definition) is 2. The summed E-state index contributed by atoms with van der Waals surface area (Å²) in [6.07, 6.45) is 12.7. The summed E-state index contributed by atoms with van der Waals surface area (Å²) in [5, 5.41) is 20.6. The first-order chi connectivity index (χ1) is 13.9. The Bertz CT molecular complexity index is 771. The van der Waals surface area contributed by atoms with Crippen molar-refractivity contribution in [1.29, 1.82) is 0 Å². The summed E-state index contributed by atoms with van der Waals surface area (Å²) in [6, 6.07) is 0. The topological polar surface area (TPSA) is 83.8 Å². The molecule has 1 aliphatic rings. The molecule has 5 nitrogen and oxygen atoms in total. The lowest BCUT2D eigenvalue weighted by Crippen LogP contribution is -2.39. The third-order valence-corrected chi connectivity index (χ3v) is 5.04. The maximum absolute atomic E-state index is 12.5. The lowest BCUT2D eigenvalue weighted by molar-refractivity contribution is -0.148. The van der Waals surface area contributed by atoms with Crippen molar-refractivity contribution in [3.8, 4) is 0 Å². The van der Waals surface area contributed by atoms with Crippen LogP contribution >= 0.6 is 0 Å². The average Bonchev–Trinajstić information content (AvgIpc) is 2.63. The van der Waals surface area contributed by atoms with Gasteiger partial charge in [-0.15, -0.1) is 0 Å². The number of aliphatic hydroxyl groups is 2. The van der Waals surface area contributed by atoms with Gasteiger partial charge in [0.1, 0.15) is 5.60 Å². The van der Waals surface area contributed by atoms with Gasteiger partial charge >= 0.3 is 5.97 Å². The summed E-state index contributed by atoms with van der Waals surface area (Å²) in [6.45, 7) is 10.8. The fourth-order valence-electron chi connectivity index (χ4n) is 3.06. The molecule has 30 heavy (non-hydrogen) atoms. The minimum atomic E-state index is -1.59. The van der Waals surface area contributed by atoms with Crippen molar-refractivity contribution >= 4 is 11.8 Å². The molecule has 1 aliphatic carbocycles. The number of allylic oxidation sites excluding steroid dienone is 6. The SMILES string of the molecule is CC(C)=CCC[C@]1(C)/C=C/[C@@H](OC(=O)C=C(C)C)[C@](C)(O)/C=C/C(=O)/C(CO)=C/C1. The molecule has 0 heterocycles. The van der Waals surface area contributed by atoms with E-state index in [0.29, 0.717) is 6.42 Å². The van der Waals surface area contributed by atoms with Gasteiger partial charge in [0.25, 0.3) is 0 Å². The predicted molar refractivity (Wildman–Crippen MR) is 120 cm³/mol. The lowest BCUT2D eigenvalue weighted by atomic mass is 9.80. The van der Waals surface area contributed by atoms with Crippen molar-refractivity contribution in [1.82, 2.24) is 0 Å². The van der Waals surface area contributed by atoms with Crippen molar-refractivity contribution < 1.29 is 24.5 Å². The summed E-state index contributed by atoms with van der Waals surface area (Å²) in [4.78, 5) is 24.7. The van der Waals surface area contributed by atoms with Gasteiger partial charge in [0.15, 0.2) is 11.9 Å². The molecule has 0 radical (unpaired) electrons. The van der Waals surface area contributed by atoms with E-state index in [9.17, 15) is 19.8 Å². The Hall–Kier alpha value is -2.24. The molecule has 0 aromatic carbocycles. The molecule has 0 unspecified atom stereocenters. The second kappa shape index (κ2) is 11.2. The molecule has 2 N–H and O–H groups in total. The zero-order valence-corrected chi connectivity index (χ0v) is 19.1. The number of rotatable bonds is 6. The second-order valence-corrected chi connectivity index (χ2v) is 8.93. The van der Waals surface area contributed by atoms with Gasteiger partial charge in [0, 0.05) is 11.6 Å². The van der Waals surface area contributed by atoms with Gasteiger partial charge < -0.3 is 14.9 Å². The van der Waals surface area contributed by atoms with Crippen molar-refractivity contribution in [3.05, 3.63) is 59.3 Å². The zero-order chi connectivity index (χ0) is 22.9. The van der Waals surface area contributed by atoms with Crippen LogP contribution in [0.25, 0.3) is 0 Å². The molecule has 0 saturated carbocycles. The van der Waals surface area contributed by atoms with Gasteiger partial charge in [-0.05, 0) is 77.5 Å². The molecular weight excluding hydrogens is 380 g/mol. The molecule has 0 spiro atoms. The van der Waals surface area contributed by atoms with Crippen LogP contribution in [0.5, 0.6) is 0 Å². The van der Waals surface area contributed by atoms with E-state index >= 15 is 0 Å². The molecule has 0 aliphatic heterocycles. The molecule has 166 valence electrons. The van der Waals surface area contributed by atoms with E-state index in [1.807, 2.05) is 26.8 Å². The Morgan fingerprint density at radius 2 is 1.87 bits per heavy atom. The van der Waals surface area contributed by atoms with E-state index < -0.39 is 17.7 Å². The van der Waals surface area contributed by atoms with Crippen molar-refractivity contribution in [2.45, 2.75) is 72.5 Å². The smallest absolute Gasteiger partial charge is 0.331 e. The quantitative estimate of drug-likeness (QED) is 0.382. The first-order valence-corrected chi connectivity index (χ1v) is 10.3. The number of esters is 1. The van der Waals surface area contributed by atoms with E-state index in [1.54, 1.807) is 26.0 Å². The fourth-order valence-corrected chi connectivity index (χ4v) is 3.06. The van der Waals surface area contributed by atoms with Crippen LogP contribution in [0.15, 0.2) is 59.3 Å². The normalized spacial score (nSPS) is 30.9. The Morgan fingerprint density at radius 1 is 1.20 bits per heavy atom. The average molecular weight is 417 g/mol. The van der Waals surface area contributed by atoms with Gasteiger partial charge in [0.2, 0.25) is 0 Å². The van der Waals surface area contributed by atoms with Crippen LogP contribution in [-0.2, 0) is 14.3 Å². The van der Waals surface area contributed by atoms with Gasteiger partial charge in [-0.3, -0.25) is 4.79 Å². The van der Waals surface area contributed by atoms with Crippen LogP contribution in [0.4, 0.5) is 0 Å². The lowest BCUT2D eigenvalue weighted by Gasteiger charge is -2.29. The van der Waals surface area contributed by atoms with Crippen molar-refractivity contribution in [2.75, 3.05) is 6.61 Å². The largest absolute Gasteiger partial charge is 0.452 e. The Kier molecular flexibility index (Phi) is 9.66. The highest BCUT2D eigenvalue weighted by Crippen LogP contribution is 2.33. The standard InChI is InChI=1S/C25H36O5/c1-18(2)8-7-12-24(5)13-9-20(17-26)21(27)10-15-25(6,29)22(11-14-24)30-23(28)16-19(3)4/h8-11,14-16,22,26,29H,7,12-13,17H2,1-6H3/b14-11+,15-10+,20-9+/t22-,24+,25-/m1/s1. The molecule has 5 heteroatoms. The highest BCUT2D eigenvalue weighted by atomic mass is 16.6. The maximum atomic E-state index is 12.5. The van der Waals surface area contributed by atoms with E-state index in [4.69, 9.17) is 4.74 Å². The molecule has 1 rings (SSSR count). The highest BCUT2D eigenvalue weighted by Gasteiger charge is 2.32. The van der Waals surface area contributed by atoms with Crippen molar-refractivity contribution in [3.63, 3.8) is 0 Å². The van der Waals surface area contributed by atoms with Crippen LogP contribution in [-0.4, -0.2) is 40.3 Å². The van der Waals surface area contributed by atoms with Gasteiger partial charge in [-0.1, -0.05) is 36.3 Å². The molecule has 0 aromatic rings. The molecular formula is C25H36O5. The number of aliphatic hydroxyl groups excluding tert-OH is 1.